The number of nitrogens with zero attached hydrogens (tertiary/aromatic N) is 2. The molecule has 9 heteroatoms. The van der Waals surface area contributed by atoms with E-state index in [0.29, 0.717) is 22.5 Å². The number of furan rings is 1. The lowest BCUT2D eigenvalue weighted by Crippen LogP contribution is -2.31. The zero-order valence-electron chi connectivity index (χ0n) is 16.7. The lowest BCUT2D eigenvalue weighted by atomic mass is 10.1. The fourth-order valence-corrected chi connectivity index (χ4v) is 3.40. The number of pyridine rings is 1. The Morgan fingerprint density at radius 2 is 2.00 bits per heavy atom. The molecule has 0 aliphatic carbocycles. The zero-order chi connectivity index (χ0) is 22.0. The third kappa shape index (κ3) is 4.51. The van der Waals surface area contributed by atoms with Crippen LogP contribution < -0.4 is 5.32 Å². The number of carbonyl (C=O) groups is 2. The molecule has 0 bridgehead atoms. The van der Waals surface area contributed by atoms with Gasteiger partial charge < -0.3 is 19.0 Å². The number of fused-ring (bicyclic) bond motifs is 1. The van der Waals surface area contributed by atoms with Crippen LogP contribution in [0.5, 0.6) is 0 Å². The van der Waals surface area contributed by atoms with Gasteiger partial charge in [-0.25, -0.2) is 9.78 Å². The van der Waals surface area contributed by atoms with Crippen molar-refractivity contribution >= 4 is 38.9 Å². The van der Waals surface area contributed by atoms with Gasteiger partial charge in [0.15, 0.2) is 12.4 Å². The first kappa shape index (κ1) is 20.8. The molecule has 3 heterocycles. The Bertz CT molecular complexity index is 1230. The Labute approximate surface area is 185 Å². The predicted molar refractivity (Wildman–Crippen MR) is 115 cm³/mol. The number of aryl methyl sites for hydroxylation is 1. The SMILES string of the molecule is Cc1noc2nc(-c3ccco3)cc(C(=O)OCC(=O)NC(C)c3ccc(Br)cc3)c12. The average Bonchev–Trinajstić information content (AvgIpc) is 3.42. The number of halogens is 1. The maximum absolute atomic E-state index is 12.8. The summed E-state index contributed by atoms with van der Waals surface area (Å²) in [7, 11) is 0. The van der Waals surface area contributed by atoms with Crippen LogP contribution in [0.25, 0.3) is 22.6 Å². The fraction of sp³-hybridized carbons (Fsp3) is 0.182. The number of esters is 1. The molecule has 158 valence electrons. The van der Waals surface area contributed by atoms with Crippen LogP contribution in [-0.4, -0.2) is 28.6 Å². The molecule has 3 aromatic heterocycles. The summed E-state index contributed by atoms with van der Waals surface area (Å²) in [6.45, 7) is 3.12. The summed E-state index contributed by atoms with van der Waals surface area (Å²) in [6.07, 6.45) is 1.50. The molecule has 0 radical (unpaired) electrons. The maximum atomic E-state index is 12.8. The second-order valence-electron chi connectivity index (χ2n) is 6.90. The standard InChI is InChI=1S/C22H18BrN3O5/c1-12(14-5-7-15(23)8-6-14)24-19(27)11-30-22(28)16-10-17(18-4-3-9-29-18)25-21-20(16)13(2)26-31-21/h3-10,12H,11H2,1-2H3,(H,24,27). The molecule has 31 heavy (non-hydrogen) atoms. The van der Waals surface area contributed by atoms with Crippen LogP contribution in [0.4, 0.5) is 0 Å². The first-order valence-electron chi connectivity index (χ1n) is 9.45. The quantitative estimate of drug-likeness (QED) is 0.399. The Morgan fingerprint density at radius 3 is 2.71 bits per heavy atom. The van der Waals surface area contributed by atoms with Gasteiger partial charge in [0.2, 0.25) is 0 Å². The molecule has 0 spiro atoms. The molecule has 1 aromatic carbocycles. The molecular formula is C22H18BrN3O5. The van der Waals surface area contributed by atoms with E-state index in [-0.39, 0.29) is 17.3 Å². The summed E-state index contributed by atoms with van der Waals surface area (Å²) < 4.78 is 16.8. The van der Waals surface area contributed by atoms with Gasteiger partial charge in [-0.15, -0.1) is 0 Å². The monoisotopic (exact) mass is 483 g/mol. The van der Waals surface area contributed by atoms with E-state index in [2.05, 4.69) is 31.4 Å². The summed E-state index contributed by atoms with van der Waals surface area (Å²) in [5, 5.41) is 7.12. The molecule has 0 fully saturated rings. The molecule has 4 rings (SSSR count). The summed E-state index contributed by atoms with van der Waals surface area (Å²) in [4.78, 5) is 29.4. The van der Waals surface area contributed by atoms with E-state index in [9.17, 15) is 9.59 Å². The topological polar surface area (TPSA) is 107 Å². The van der Waals surface area contributed by atoms with Crippen molar-refractivity contribution in [1.82, 2.24) is 15.5 Å². The number of benzene rings is 1. The van der Waals surface area contributed by atoms with Gasteiger partial charge in [-0.1, -0.05) is 33.2 Å². The van der Waals surface area contributed by atoms with Crippen LogP contribution in [0.15, 0.2) is 62.1 Å². The van der Waals surface area contributed by atoms with Gasteiger partial charge in [0, 0.05) is 4.47 Å². The lowest BCUT2D eigenvalue weighted by Gasteiger charge is -2.14. The second kappa shape index (κ2) is 8.73. The van der Waals surface area contributed by atoms with Gasteiger partial charge in [-0.2, -0.15) is 0 Å². The first-order valence-corrected chi connectivity index (χ1v) is 10.2. The largest absolute Gasteiger partial charge is 0.463 e. The van der Waals surface area contributed by atoms with Gasteiger partial charge in [0.05, 0.1) is 28.9 Å². The number of amides is 1. The number of aromatic nitrogens is 2. The van der Waals surface area contributed by atoms with Crippen molar-refractivity contribution in [1.29, 1.82) is 0 Å². The molecule has 0 saturated carbocycles. The van der Waals surface area contributed by atoms with Crippen LogP contribution in [0, 0.1) is 6.92 Å². The van der Waals surface area contributed by atoms with Gasteiger partial charge in [-0.05, 0) is 49.7 Å². The van der Waals surface area contributed by atoms with Crippen molar-refractivity contribution in [2.45, 2.75) is 19.9 Å². The third-order valence-electron chi connectivity index (χ3n) is 4.69. The van der Waals surface area contributed by atoms with E-state index >= 15 is 0 Å². The highest BCUT2D eigenvalue weighted by atomic mass is 79.9. The highest BCUT2D eigenvalue weighted by Crippen LogP contribution is 2.27. The molecule has 1 amide bonds. The number of nitrogens with one attached hydrogen (secondary N) is 1. The minimum atomic E-state index is -0.682. The maximum Gasteiger partial charge on any atom is 0.339 e. The molecule has 0 aliphatic rings. The Kier molecular flexibility index (Phi) is 5.85. The highest BCUT2D eigenvalue weighted by molar-refractivity contribution is 9.10. The van der Waals surface area contributed by atoms with Crippen molar-refractivity contribution in [3.8, 4) is 11.5 Å². The number of rotatable bonds is 6. The first-order chi connectivity index (χ1) is 14.9. The minimum absolute atomic E-state index is 0.187. The number of hydrogen-bond acceptors (Lipinski definition) is 7. The van der Waals surface area contributed by atoms with Crippen LogP contribution in [0.3, 0.4) is 0 Å². The Hall–Kier alpha value is -3.46. The second-order valence-corrected chi connectivity index (χ2v) is 7.81. The van der Waals surface area contributed by atoms with Gasteiger partial charge in [0.1, 0.15) is 5.69 Å². The molecule has 1 unspecified atom stereocenters. The Morgan fingerprint density at radius 1 is 1.23 bits per heavy atom. The van der Waals surface area contributed by atoms with Gasteiger partial charge in [0.25, 0.3) is 11.6 Å². The van der Waals surface area contributed by atoms with E-state index in [1.54, 1.807) is 19.1 Å². The smallest absolute Gasteiger partial charge is 0.339 e. The summed E-state index contributed by atoms with van der Waals surface area (Å²) in [5.74, 6) is -0.633. The minimum Gasteiger partial charge on any atom is -0.463 e. The average molecular weight is 484 g/mol. The van der Waals surface area contributed by atoms with Crippen LogP contribution in [0.1, 0.15) is 34.6 Å². The number of hydrogen-bond donors (Lipinski definition) is 1. The molecule has 1 N–H and O–H groups in total. The molecule has 1 atom stereocenters. The van der Waals surface area contributed by atoms with E-state index < -0.39 is 18.5 Å². The fourth-order valence-electron chi connectivity index (χ4n) is 3.13. The van der Waals surface area contributed by atoms with E-state index in [1.807, 2.05) is 31.2 Å². The highest BCUT2D eigenvalue weighted by Gasteiger charge is 2.22. The van der Waals surface area contributed by atoms with Crippen LogP contribution in [-0.2, 0) is 9.53 Å². The van der Waals surface area contributed by atoms with Crippen molar-refractivity contribution in [3.05, 3.63) is 70.0 Å². The van der Waals surface area contributed by atoms with E-state index in [1.165, 1.54) is 12.3 Å². The molecular weight excluding hydrogens is 466 g/mol. The lowest BCUT2D eigenvalue weighted by molar-refractivity contribution is -0.124. The summed E-state index contributed by atoms with van der Waals surface area (Å²) in [6, 6.07) is 12.3. The molecule has 0 aliphatic heterocycles. The van der Waals surface area contributed by atoms with Crippen molar-refractivity contribution in [3.63, 3.8) is 0 Å². The summed E-state index contributed by atoms with van der Waals surface area (Å²) >= 11 is 3.38. The Balaban J connectivity index is 1.48. The van der Waals surface area contributed by atoms with Gasteiger partial charge >= 0.3 is 5.97 Å². The molecule has 0 saturated heterocycles. The van der Waals surface area contributed by atoms with E-state index in [0.717, 1.165) is 10.0 Å². The van der Waals surface area contributed by atoms with Crippen molar-refractivity contribution in [2.75, 3.05) is 6.61 Å². The van der Waals surface area contributed by atoms with Crippen LogP contribution in [0.2, 0.25) is 0 Å². The third-order valence-corrected chi connectivity index (χ3v) is 5.22. The predicted octanol–water partition coefficient (Wildman–Crippen LogP) is 4.59. The van der Waals surface area contributed by atoms with E-state index in [4.69, 9.17) is 13.7 Å². The van der Waals surface area contributed by atoms with Crippen molar-refractivity contribution in [2.24, 2.45) is 0 Å². The van der Waals surface area contributed by atoms with Crippen molar-refractivity contribution < 1.29 is 23.3 Å². The molecule has 4 aromatic rings. The molecule has 8 nitrogen and oxygen atoms in total. The van der Waals surface area contributed by atoms with Gasteiger partial charge in [-0.3, -0.25) is 4.79 Å². The zero-order valence-corrected chi connectivity index (χ0v) is 18.3. The summed E-state index contributed by atoms with van der Waals surface area (Å²) in [5.41, 5.74) is 2.21. The normalized spacial score (nSPS) is 12.0. The number of carbonyl (C=O) groups excluding carboxylic acids is 2. The van der Waals surface area contributed by atoms with Crippen LogP contribution >= 0.6 is 15.9 Å². The number of ether oxygens (including phenoxy) is 1.